The standard InChI is InChI=1S/C8H14FNO5/c1-3(12)10-6-7(13)5(9)4(2-11)15-8(6)14/h4-8,11,13-14H,2H2,1H3,(H,10,12)/t4?,5-,6+,7+,8+/m1/s1. The summed E-state index contributed by atoms with van der Waals surface area (Å²) in [6, 6.07) is -1.22. The molecule has 88 valence electrons. The van der Waals surface area contributed by atoms with E-state index in [1.165, 1.54) is 6.92 Å². The molecule has 1 fully saturated rings. The maximum Gasteiger partial charge on any atom is 0.217 e. The molecule has 1 heterocycles. The number of aliphatic hydroxyl groups is 3. The summed E-state index contributed by atoms with van der Waals surface area (Å²) in [5, 5.41) is 29.6. The Morgan fingerprint density at radius 1 is 1.53 bits per heavy atom. The van der Waals surface area contributed by atoms with Crippen molar-refractivity contribution in [2.24, 2.45) is 0 Å². The van der Waals surface area contributed by atoms with E-state index in [0.29, 0.717) is 0 Å². The van der Waals surface area contributed by atoms with E-state index in [2.05, 4.69) is 10.1 Å². The molecule has 1 aliphatic heterocycles. The minimum Gasteiger partial charge on any atom is -0.394 e. The minimum atomic E-state index is -1.85. The molecule has 1 aliphatic rings. The quantitative estimate of drug-likeness (QED) is 0.430. The predicted molar refractivity (Wildman–Crippen MR) is 46.5 cm³/mol. The molecule has 4 N–H and O–H groups in total. The van der Waals surface area contributed by atoms with Crippen molar-refractivity contribution < 1.29 is 29.2 Å². The largest absolute Gasteiger partial charge is 0.394 e. The van der Waals surface area contributed by atoms with E-state index in [4.69, 9.17) is 5.11 Å². The second-order valence-corrected chi connectivity index (χ2v) is 3.41. The van der Waals surface area contributed by atoms with E-state index in [-0.39, 0.29) is 0 Å². The van der Waals surface area contributed by atoms with E-state index in [9.17, 15) is 19.4 Å². The summed E-state index contributed by atoms with van der Waals surface area (Å²) in [5.41, 5.74) is 0. The zero-order valence-electron chi connectivity index (χ0n) is 8.13. The zero-order valence-corrected chi connectivity index (χ0v) is 8.13. The lowest BCUT2D eigenvalue weighted by Gasteiger charge is -2.38. The third kappa shape index (κ3) is 2.63. The molecular weight excluding hydrogens is 209 g/mol. The second kappa shape index (κ2) is 4.84. The first-order valence-corrected chi connectivity index (χ1v) is 4.51. The number of hydrogen-bond donors (Lipinski definition) is 4. The smallest absolute Gasteiger partial charge is 0.217 e. The summed E-state index contributed by atoms with van der Waals surface area (Å²) in [6.07, 6.45) is -6.27. The monoisotopic (exact) mass is 223 g/mol. The summed E-state index contributed by atoms with van der Waals surface area (Å²) in [7, 11) is 0. The number of amides is 1. The predicted octanol–water partition coefficient (Wildman–Crippen LogP) is -2.10. The topological polar surface area (TPSA) is 99.0 Å². The van der Waals surface area contributed by atoms with Crippen LogP contribution in [0.3, 0.4) is 0 Å². The van der Waals surface area contributed by atoms with Gasteiger partial charge in [0.05, 0.1) is 6.61 Å². The highest BCUT2D eigenvalue weighted by molar-refractivity contribution is 5.73. The van der Waals surface area contributed by atoms with Crippen molar-refractivity contribution in [1.82, 2.24) is 5.32 Å². The lowest BCUT2D eigenvalue weighted by Crippen LogP contribution is -2.62. The van der Waals surface area contributed by atoms with Crippen LogP contribution < -0.4 is 5.32 Å². The van der Waals surface area contributed by atoms with Gasteiger partial charge < -0.3 is 25.4 Å². The molecule has 0 aromatic heterocycles. The molecule has 0 saturated carbocycles. The van der Waals surface area contributed by atoms with E-state index in [1.54, 1.807) is 0 Å². The molecule has 6 nitrogen and oxygen atoms in total. The Hall–Kier alpha value is -0.760. The van der Waals surface area contributed by atoms with Crippen molar-refractivity contribution in [1.29, 1.82) is 0 Å². The van der Waals surface area contributed by atoms with Gasteiger partial charge >= 0.3 is 0 Å². The van der Waals surface area contributed by atoms with Crippen LogP contribution in [0.25, 0.3) is 0 Å². The Balaban J connectivity index is 2.70. The average molecular weight is 223 g/mol. The molecule has 15 heavy (non-hydrogen) atoms. The number of carbonyl (C=O) groups is 1. The van der Waals surface area contributed by atoms with Gasteiger partial charge in [-0.2, -0.15) is 0 Å². The van der Waals surface area contributed by atoms with Crippen LogP contribution in [0.1, 0.15) is 6.92 Å². The number of carbonyl (C=O) groups excluding carboxylic acids is 1. The molecule has 1 saturated heterocycles. The van der Waals surface area contributed by atoms with Crippen molar-refractivity contribution in [3.8, 4) is 0 Å². The number of nitrogens with one attached hydrogen (secondary N) is 1. The molecule has 1 rings (SSSR count). The minimum absolute atomic E-state index is 0.517. The molecule has 0 spiro atoms. The van der Waals surface area contributed by atoms with Crippen LogP contribution in [0, 0.1) is 0 Å². The van der Waals surface area contributed by atoms with Gasteiger partial charge in [0.25, 0.3) is 0 Å². The van der Waals surface area contributed by atoms with Crippen LogP contribution in [0.4, 0.5) is 4.39 Å². The van der Waals surface area contributed by atoms with Gasteiger partial charge in [-0.3, -0.25) is 4.79 Å². The Morgan fingerprint density at radius 2 is 2.13 bits per heavy atom. The number of alkyl halides is 1. The molecule has 1 amide bonds. The third-order valence-corrected chi connectivity index (χ3v) is 2.22. The van der Waals surface area contributed by atoms with Crippen LogP contribution in [0.5, 0.6) is 0 Å². The average Bonchev–Trinajstić information content (AvgIpc) is 2.18. The van der Waals surface area contributed by atoms with Gasteiger partial charge in [-0.05, 0) is 0 Å². The fourth-order valence-electron chi connectivity index (χ4n) is 1.46. The van der Waals surface area contributed by atoms with E-state index >= 15 is 0 Å². The van der Waals surface area contributed by atoms with Gasteiger partial charge in [0, 0.05) is 6.92 Å². The van der Waals surface area contributed by atoms with Crippen LogP contribution in [0.2, 0.25) is 0 Å². The molecule has 0 radical (unpaired) electrons. The summed E-state index contributed by atoms with van der Waals surface area (Å²) >= 11 is 0. The first-order chi connectivity index (χ1) is 6.97. The fourth-order valence-corrected chi connectivity index (χ4v) is 1.46. The number of hydrogen-bond acceptors (Lipinski definition) is 5. The Labute approximate surface area is 85.7 Å². The molecular formula is C8H14FNO5. The number of ether oxygens (including phenoxy) is 1. The highest BCUT2D eigenvalue weighted by atomic mass is 19.1. The van der Waals surface area contributed by atoms with Gasteiger partial charge in [0.1, 0.15) is 18.2 Å². The van der Waals surface area contributed by atoms with Gasteiger partial charge in [-0.15, -0.1) is 0 Å². The van der Waals surface area contributed by atoms with Crippen molar-refractivity contribution in [2.45, 2.75) is 37.6 Å². The molecule has 0 aliphatic carbocycles. The summed E-state index contributed by atoms with van der Waals surface area (Å²) in [6.45, 7) is 0.521. The van der Waals surface area contributed by atoms with Crippen molar-refractivity contribution in [2.75, 3.05) is 6.61 Å². The first kappa shape index (κ1) is 12.3. The molecule has 0 bridgehead atoms. The highest BCUT2D eigenvalue weighted by Crippen LogP contribution is 2.22. The normalized spacial score (nSPS) is 41.3. The van der Waals surface area contributed by atoms with Crippen molar-refractivity contribution >= 4 is 5.91 Å². The van der Waals surface area contributed by atoms with Gasteiger partial charge in [-0.1, -0.05) is 0 Å². The van der Waals surface area contributed by atoms with Gasteiger partial charge in [0.15, 0.2) is 12.5 Å². The van der Waals surface area contributed by atoms with Gasteiger partial charge in [0.2, 0.25) is 5.91 Å². The van der Waals surface area contributed by atoms with Crippen LogP contribution in [0.15, 0.2) is 0 Å². The number of aliphatic hydroxyl groups excluding tert-OH is 3. The molecule has 0 aromatic rings. The lowest BCUT2D eigenvalue weighted by atomic mass is 9.98. The second-order valence-electron chi connectivity index (χ2n) is 3.41. The lowest BCUT2D eigenvalue weighted by molar-refractivity contribution is -0.240. The third-order valence-electron chi connectivity index (χ3n) is 2.22. The van der Waals surface area contributed by atoms with Crippen LogP contribution >= 0.6 is 0 Å². The Bertz CT molecular complexity index is 239. The first-order valence-electron chi connectivity index (χ1n) is 4.51. The van der Waals surface area contributed by atoms with Crippen molar-refractivity contribution in [3.63, 3.8) is 0 Å². The SMILES string of the molecule is CC(=O)N[C@H]1[C@@H](O)[C@H](F)C(CO)O[C@@H]1O. The molecule has 1 unspecified atom stereocenters. The Morgan fingerprint density at radius 3 is 2.60 bits per heavy atom. The van der Waals surface area contributed by atoms with Gasteiger partial charge in [-0.25, -0.2) is 4.39 Å². The molecule has 7 heteroatoms. The van der Waals surface area contributed by atoms with E-state index in [1.807, 2.05) is 0 Å². The maximum absolute atomic E-state index is 13.3. The van der Waals surface area contributed by atoms with Crippen molar-refractivity contribution in [3.05, 3.63) is 0 Å². The van der Waals surface area contributed by atoms with Crippen LogP contribution in [-0.2, 0) is 9.53 Å². The summed E-state index contributed by atoms with van der Waals surface area (Å²) in [5.74, 6) is -0.517. The zero-order chi connectivity index (χ0) is 11.6. The van der Waals surface area contributed by atoms with Crippen LogP contribution in [-0.4, -0.2) is 58.5 Å². The van der Waals surface area contributed by atoms with E-state index < -0.39 is 43.2 Å². The summed E-state index contributed by atoms with van der Waals surface area (Å²) in [4.78, 5) is 10.7. The highest BCUT2D eigenvalue weighted by Gasteiger charge is 2.45. The molecule has 0 aromatic carbocycles. The maximum atomic E-state index is 13.3. The summed E-state index contributed by atoms with van der Waals surface area (Å²) < 4.78 is 18.0. The Kier molecular flexibility index (Phi) is 3.97. The fraction of sp³-hybridized carbons (Fsp3) is 0.875. The molecule has 5 atom stereocenters. The number of halogens is 1. The van der Waals surface area contributed by atoms with E-state index in [0.717, 1.165) is 0 Å². The number of rotatable bonds is 2.